The third kappa shape index (κ3) is 3.26. The molecular formula is C19H20N2O2. The van der Waals surface area contributed by atoms with E-state index in [2.05, 4.69) is 36.8 Å². The molecular weight excluding hydrogens is 288 g/mol. The second-order valence-electron chi connectivity index (χ2n) is 7.06. The highest BCUT2D eigenvalue weighted by atomic mass is 16.4. The largest absolute Gasteiger partial charge is 0.478 e. The molecule has 0 saturated carbocycles. The van der Waals surface area contributed by atoms with E-state index in [0.717, 1.165) is 28.5 Å². The minimum atomic E-state index is -0.915. The van der Waals surface area contributed by atoms with Crippen LogP contribution in [0.2, 0.25) is 0 Å². The smallest absolute Gasteiger partial charge is 0.335 e. The van der Waals surface area contributed by atoms with Gasteiger partial charge in [-0.1, -0.05) is 32.9 Å². The SMILES string of the molecule is CC(C)(C)Cc1cc2c(-c3ccc(C(=O)O)cc3)cncc2[nH]1. The first-order valence-electron chi connectivity index (χ1n) is 7.63. The van der Waals surface area contributed by atoms with Gasteiger partial charge < -0.3 is 10.1 Å². The van der Waals surface area contributed by atoms with Crippen LogP contribution in [-0.4, -0.2) is 21.0 Å². The van der Waals surface area contributed by atoms with E-state index in [-0.39, 0.29) is 11.0 Å². The lowest BCUT2D eigenvalue weighted by Gasteiger charge is -2.16. The number of nitrogens with zero attached hydrogens (tertiary/aromatic N) is 1. The highest BCUT2D eigenvalue weighted by Gasteiger charge is 2.15. The number of hydrogen-bond donors (Lipinski definition) is 2. The highest BCUT2D eigenvalue weighted by Crippen LogP contribution is 2.30. The van der Waals surface area contributed by atoms with Crippen molar-refractivity contribution in [1.82, 2.24) is 9.97 Å². The quantitative estimate of drug-likeness (QED) is 0.747. The average molecular weight is 308 g/mol. The monoisotopic (exact) mass is 308 g/mol. The Balaban J connectivity index is 2.05. The summed E-state index contributed by atoms with van der Waals surface area (Å²) in [7, 11) is 0. The maximum atomic E-state index is 11.0. The fourth-order valence-corrected chi connectivity index (χ4v) is 2.80. The molecule has 0 spiro atoms. The summed E-state index contributed by atoms with van der Waals surface area (Å²) in [6, 6.07) is 9.08. The Morgan fingerprint density at radius 1 is 1.17 bits per heavy atom. The Labute approximate surface area is 135 Å². The molecule has 0 unspecified atom stereocenters. The molecule has 0 atom stereocenters. The number of hydrogen-bond acceptors (Lipinski definition) is 2. The van der Waals surface area contributed by atoms with Crippen LogP contribution in [0.5, 0.6) is 0 Å². The van der Waals surface area contributed by atoms with Crippen LogP contribution in [0.25, 0.3) is 22.0 Å². The van der Waals surface area contributed by atoms with Gasteiger partial charge in [0.05, 0.1) is 17.3 Å². The van der Waals surface area contributed by atoms with Gasteiger partial charge in [0.1, 0.15) is 0 Å². The number of nitrogens with one attached hydrogen (secondary N) is 1. The summed E-state index contributed by atoms with van der Waals surface area (Å²) in [5, 5.41) is 10.1. The third-order valence-corrected chi connectivity index (χ3v) is 3.77. The van der Waals surface area contributed by atoms with Crippen LogP contribution in [-0.2, 0) is 6.42 Å². The van der Waals surface area contributed by atoms with Gasteiger partial charge in [-0.25, -0.2) is 4.79 Å². The Bertz CT molecular complexity index is 855. The first-order valence-corrected chi connectivity index (χ1v) is 7.63. The van der Waals surface area contributed by atoms with Gasteiger partial charge in [-0.05, 0) is 35.6 Å². The third-order valence-electron chi connectivity index (χ3n) is 3.77. The van der Waals surface area contributed by atoms with E-state index in [1.54, 1.807) is 12.1 Å². The van der Waals surface area contributed by atoms with Gasteiger partial charge in [-0.3, -0.25) is 4.98 Å². The predicted molar refractivity (Wildman–Crippen MR) is 91.6 cm³/mol. The minimum Gasteiger partial charge on any atom is -0.478 e. The second kappa shape index (κ2) is 5.54. The topological polar surface area (TPSA) is 66.0 Å². The first-order chi connectivity index (χ1) is 10.8. The molecule has 4 heteroatoms. The van der Waals surface area contributed by atoms with Crippen LogP contribution >= 0.6 is 0 Å². The number of carboxylic acids is 1. The molecule has 0 aliphatic rings. The van der Waals surface area contributed by atoms with Crippen molar-refractivity contribution >= 4 is 16.9 Å². The Morgan fingerprint density at radius 2 is 1.87 bits per heavy atom. The molecule has 2 aromatic heterocycles. The van der Waals surface area contributed by atoms with Crippen LogP contribution in [0.4, 0.5) is 0 Å². The summed E-state index contributed by atoms with van der Waals surface area (Å²) >= 11 is 0. The lowest BCUT2D eigenvalue weighted by Crippen LogP contribution is -2.09. The normalized spacial score (nSPS) is 11.8. The molecule has 2 N–H and O–H groups in total. The number of rotatable bonds is 3. The van der Waals surface area contributed by atoms with Gasteiger partial charge in [0.2, 0.25) is 0 Å². The minimum absolute atomic E-state index is 0.206. The van der Waals surface area contributed by atoms with Crippen molar-refractivity contribution in [2.75, 3.05) is 0 Å². The van der Waals surface area contributed by atoms with E-state index in [9.17, 15) is 4.79 Å². The molecule has 0 radical (unpaired) electrons. The number of H-pyrrole nitrogens is 1. The zero-order chi connectivity index (χ0) is 16.6. The van der Waals surface area contributed by atoms with Gasteiger partial charge in [0, 0.05) is 22.8 Å². The molecule has 2 heterocycles. The molecule has 3 rings (SSSR count). The van der Waals surface area contributed by atoms with Crippen molar-refractivity contribution in [2.24, 2.45) is 5.41 Å². The molecule has 3 aromatic rings. The van der Waals surface area contributed by atoms with Gasteiger partial charge in [0.15, 0.2) is 0 Å². The number of fused-ring (bicyclic) bond motifs is 1. The Hall–Kier alpha value is -2.62. The number of aromatic amines is 1. The van der Waals surface area contributed by atoms with Crippen molar-refractivity contribution in [3.8, 4) is 11.1 Å². The molecule has 0 aliphatic carbocycles. The maximum Gasteiger partial charge on any atom is 0.335 e. The highest BCUT2D eigenvalue weighted by molar-refractivity contribution is 5.95. The van der Waals surface area contributed by atoms with Crippen molar-refractivity contribution in [1.29, 1.82) is 0 Å². The van der Waals surface area contributed by atoms with Gasteiger partial charge in [-0.15, -0.1) is 0 Å². The van der Waals surface area contributed by atoms with Crippen molar-refractivity contribution in [3.63, 3.8) is 0 Å². The number of aromatic carboxylic acids is 1. The zero-order valence-electron chi connectivity index (χ0n) is 13.6. The van der Waals surface area contributed by atoms with E-state index < -0.39 is 5.97 Å². The molecule has 0 fully saturated rings. The molecule has 0 amide bonds. The fraction of sp³-hybridized carbons (Fsp3) is 0.263. The van der Waals surface area contributed by atoms with E-state index in [0.29, 0.717) is 0 Å². The number of carboxylic acid groups (broad SMARTS) is 1. The van der Waals surface area contributed by atoms with Crippen molar-refractivity contribution in [2.45, 2.75) is 27.2 Å². The van der Waals surface area contributed by atoms with Gasteiger partial charge in [-0.2, -0.15) is 0 Å². The number of pyridine rings is 1. The van der Waals surface area contributed by atoms with E-state index >= 15 is 0 Å². The van der Waals surface area contributed by atoms with Crippen LogP contribution in [0.3, 0.4) is 0 Å². The van der Waals surface area contributed by atoms with Crippen molar-refractivity contribution < 1.29 is 9.90 Å². The zero-order valence-corrected chi connectivity index (χ0v) is 13.6. The fourth-order valence-electron chi connectivity index (χ4n) is 2.80. The molecule has 0 saturated heterocycles. The standard InChI is InChI=1S/C19H20N2O2/c1-19(2,3)9-14-8-15-16(10-20-11-17(15)21-14)12-4-6-13(7-5-12)18(22)23/h4-8,10-11,21H,9H2,1-3H3,(H,22,23). The van der Waals surface area contributed by atoms with Crippen LogP contribution < -0.4 is 0 Å². The van der Waals surface area contributed by atoms with Crippen LogP contribution in [0.15, 0.2) is 42.7 Å². The second-order valence-corrected chi connectivity index (χ2v) is 7.06. The van der Waals surface area contributed by atoms with E-state index in [1.165, 1.54) is 5.69 Å². The van der Waals surface area contributed by atoms with E-state index in [1.807, 2.05) is 24.5 Å². The van der Waals surface area contributed by atoms with Gasteiger partial charge in [0.25, 0.3) is 0 Å². The summed E-state index contributed by atoms with van der Waals surface area (Å²) in [5.74, 6) is -0.915. The summed E-state index contributed by atoms with van der Waals surface area (Å²) in [6.45, 7) is 6.63. The van der Waals surface area contributed by atoms with Gasteiger partial charge >= 0.3 is 5.97 Å². The molecule has 1 aromatic carbocycles. The lowest BCUT2D eigenvalue weighted by atomic mass is 9.90. The number of benzene rings is 1. The number of carbonyl (C=O) groups is 1. The van der Waals surface area contributed by atoms with Crippen LogP contribution in [0, 0.1) is 5.41 Å². The van der Waals surface area contributed by atoms with Crippen molar-refractivity contribution in [3.05, 3.63) is 54.0 Å². The van der Waals surface area contributed by atoms with E-state index in [4.69, 9.17) is 5.11 Å². The van der Waals surface area contributed by atoms with Crippen LogP contribution in [0.1, 0.15) is 36.8 Å². The Morgan fingerprint density at radius 3 is 2.48 bits per heavy atom. The molecule has 4 nitrogen and oxygen atoms in total. The average Bonchev–Trinajstić information content (AvgIpc) is 2.87. The summed E-state index contributed by atoms with van der Waals surface area (Å²) in [5.41, 5.74) is 4.66. The molecule has 0 bridgehead atoms. The Kier molecular flexibility index (Phi) is 3.68. The molecule has 118 valence electrons. The first kappa shape index (κ1) is 15.3. The lowest BCUT2D eigenvalue weighted by molar-refractivity contribution is 0.0697. The maximum absolute atomic E-state index is 11.0. The summed E-state index contributed by atoms with van der Waals surface area (Å²) in [4.78, 5) is 18.7. The molecule has 23 heavy (non-hydrogen) atoms. The number of aromatic nitrogens is 2. The summed E-state index contributed by atoms with van der Waals surface area (Å²) in [6.07, 6.45) is 4.61. The predicted octanol–water partition coefficient (Wildman–Crippen LogP) is 4.52. The molecule has 0 aliphatic heterocycles. The summed E-state index contributed by atoms with van der Waals surface area (Å²) < 4.78 is 0.